The minimum Gasteiger partial charge on any atom is -0.466 e. The number of carbonyl (C=O) groups is 2. The molecule has 0 N–H and O–H groups in total. The van der Waals surface area contributed by atoms with Crippen molar-refractivity contribution in [1.82, 2.24) is 14.9 Å². The molecule has 166 valence electrons. The van der Waals surface area contributed by atoms with E-state index in [-0.39, 0.29) is 30.1 Å². The molecule has 31 heavy (non-hydrogen) atoms. The largest absolute Gasteiger partial charge is 0.466 e. The van der Waals surface area contributed by atoms with Gasteiger partial charge in [0, 0.05) is 44.4 Å². The number of hydrogen-bond donors (Lipinski definition) is 0. The highest BCUT2D eigenvalue weighted by Crippen LogP contribution is 2.26. The van der Waals surface area contributed by atoms with Crippen molar-refractivity contribution in [3.8, 4) is 11.3 Å². The Morgan fingerprint density at radius 2 is 1.68 bits per heavy atom. The van der Waals surface area contributed by atoms with Crippen LogP contribution in [-0.4, -0.2) is 59.5 Å². The smallest absolute Gasteiger partial charge is 0.306 e. The molecule has 0 unspecified atom stereocenters. The fourth-order valence-electron chi connectivity index (χ4n) is 3.56. The van der Waals surface area contributed by atoms with Crippen LogP contribution in [0.25, 0.3) is 11.3 Å². The number of rotatable bonds is 6. The van der Waals surface area contributed by atoms with E-state index in [4.69, 9.17) is 9.72 Å². The highest BCUT2D eigenvalue weighted by Gasteiger charge is 2.23. The molecule has 3 rings (SSSR count). The zero-order valence-corrected chi connectivity index (χ0v) is 18.9. The van der Waals surface area contributed by atoms with Gasteiger partial charge in [-0.3, -0.25) is 9.59 Å². The van der Waals surface area contributed by atoms with E-state index in [9.17, 15) is 9.59 Å². The molecule has 1 saturated heterocycles. The van der Waals surface area contributed by atoms with Crippen molar-refractivity contribution in [1.29, 1.82) is 0 Å². The lowest BCUT2D eigenvalue weighted by molar-refractivity contribution is -0.145. The van der Waals surface area contributed by atoms with Gasteiger partial charge in [0.05, 0.1) is 18.7 Å². The summed E-state index contributed by atoms with van der Waals surface area (Å²) in [6.45, 7) is 11.2. The second kappa shape index (κ2) is 9.90. The minimum atomic E-state index is -0.324. The second-order valence-corrected chi connectivity index (χ2v) is 8.74. The number of hydrogen-bond acceptors (Lipinski definition) is 6. The van der Waals surface area contributed by atoms with E-state index in [2.05, 4.69) is 54.9 Å². The Hall–Kier alpha value is -2.96. The van der Waals surface area contributed by atoms with E-state index in [0.29, 0.717) is 38.7 Å². The van der Waals surface area contributed by atoms with Crippen LogP contribution in [0.3, 0.4) is 0 Å². The van der Waals surface area contributed by atoms with Crippen LogP contribution in [-0.2, 0) is 19.7 Å². The van der Waals surface area contributed by atoms with Gasteiger partial charge in [-0.2, -0.15) is 0 Å². The molecule has 0 radical (unpaired) electrons. The number of carbonyl (C=O) groups excluding carboxylic acids is 2. The molecule has 1 fully saturated rings. The molecule has 0 atom stereocenters. The molecule has 1 aromatic carbocycles. The lowest BCUT2D eigenvalue weighted by Crippen LogP contribution is -2.49. The van der Waals surface area contributed by atoms with E-state index in [1.807, 2.05) is 6.07 Å². The number of benzene rings is 1. The van der Waals surface area contributed by atoms with Crippen molar-refractivity contribution in [2.75, 3.05) is 37.7 Å². The summed E-state index contributed by atoms with van der Waals surface area (Å²) in [5.41, 5.74) is 3.35. The molecule has 0 saturated carbocycles. The van der Waals surface area contributed by atoms with Gasteiger partial charge in [0.15, 0.2) is 0 Å². The third-order valence-corrected chi connectivity index (χ3v) is 5.45. The van der Waals surface area contributed by atoms with Crippen LogP contribution < -0.4 is 4.90 Å². The van der Waals surface area contributed by atoms with Gasteiger partial charge in [0.2, 0.25) is 11.9 Å². The first kappa shape index (κ1) is 22.7. The Bertz CT molecular complexity index is 898. The van der Waals surface area contributed by atoms with Crippen LogP contribution in [0.15, 0.2) is 36.5 Å². The summed E-state index contributed by atoms with van der Waals surface area (Å²) >= 11 is 0. The fourth-order valence-corrected chi connectivity index (χ4v) is 3.56. The van der Waals surface area contributed by atoms with E-state index < -0.39 is 0 Å². The number of piperazine rings is 1. The van der Waals surface area contributed by atoms with Crippen LogP contribution in [0.2, 0.25) is 0 Å². The third kappa shape index (κ3) is 6.03. The van der Waals surface area contributed by atoms with E-state index in [0.717, 1.165) is 11.3 Å². The normalized spacial score (nSPS) is 14.5. The van der Waals surface area contributed by atoms with Gasteiger partial charge in [0.1, 0.15) is 0 Å². The number of amides is 1. The highest BCUT2D eigenvalue weighted by molar-refractivity contribution is 5.81. The summed E-state index contributed by atoms with van der Waals surface area (Å²) < 4.78 is 4.89. The van der Waals surface area contributed by atoms with Gasteiger partial charge in [0.25, 0.3) is 0 Å². The summed E-state index contributed by atoms with van der Waals surface area (Å²) in [5.74, 6) is 0.340. The van der Waals surface area contributed by atoms with Crippen molar-refractivity contribution < 1.29 is 14.3 Å². The van der Waals surface area contributed by atoms with Crippen molar-refractivity contribution >= 4 is 17.8 Å². The topological polar surface area (TPSA) is 75.6 Å². The number of nitrogens with zero attached hydrogens (tertiary/aromatic N) is 4. The Balaban J connectivity index is 1.59. The quantitative estimate of drug-likeness (QED) is 0.662. The van der Waals surface area contributed by atoms with Gasteiger partial charge in [-0.15, -0.1) is 0 Å². The van der Waals surface area contributed by atoms with Crippen LogP contribution in [0.1, 0.15) is 46.1 Å². The molecule has 2 heterocycles. The Morgan fingerprint density at radius 3 is 2.29 bits per heavy atom. The first-order chi connectivity index (χ1) is 14.8. The molecule has 1 amide bonds. The molecule has 1 aliphatic heterocycles. The molecule has 0 aliphatic carbocycles. The predicted molar refractivity (Wildman–Crippen MR) is 121 cm³/mol. The van der Waals surface area contributed by atoms with E-state index in [1.165, 1.54) is 5.56 Å². The SMILES string of the molecule is CCOC(=O)CCC(=O)N1CCN(c2nccc(-c3ccc(C(C)(C)C)cc3)n2)CC1. The molecule has 0 bridgehead atoms. The van der Waals surface area contributed by atoms with Gasteiger partial charge in [-0.1, -0.05) is 45.0 Å². The third-order valence-electron chi connectivity index (χ3n) is 5.45. The average molecular weight is 425 g/mol. The average Bonchev–Trinajstić information content (AvgIpc) is 2.77. The van der Waals surface area contributed by atoms with Crippen molar-refractivity contribution in [2.45, 2.75) is 46.0 Å². The molecular weight excluding hydrogens is 392 g/mol. The Labute approximate surface area is 184 Å². The lowest BCUT2D eigenvalue weighted by Gasteiger charge is -2.34. The maximum atomic E-state index is 12.4. The number of esters is 1. The molecule has 7 nitrogen and oxygen atoms in total. The first-order valence-corrected chi connectivity index (χ1v) is 10.9. The maximum absolute atomic E-state index is 12.4. The zero-order valence-electron chi connectivity index (χ0n) is 18.9. The fraction of sp³-hybridized carbons (Fsp3) is 0.500. The number of aromatic nitrogens is 2. The Kier molecular flexibility index (Phi) is 7.25. The zero-order chi connectivity index (χ0) is 22.4. The van der Waals surface area contributed by atoms with Crippen LogP contribution in [0, 0.1) is 0 Å². The van der Waals surface area contributed by atoms with Gasteiger partial charge < -0.3 is 14.5 Å². The van der Waals surface area contributed by atoms with Gasteiger partial charge in [-0.25, -0.2) is 9.97 Å². The van der Waals surface area contributed by atoms with E-state index in [1.54, 1.807) is 18.0 Å². The van der Waals surface area contributed by atoms with Crippen molar-refractivity contribution in [3.05, 3.63) is 42.1 Å². The van der Waals surface area contributed by atoms with Crippen molar-refractivity contribution in [2.24, 2.45) is 0 Å². The number of ether oxygens (including phenoxy) is 1. The van der Waals surface area contributed by atoms with E-state index >= 15 is 0 Å². The van der Waals surface area contributed by atoms with Crippen LogP contribution in [0.4, 0.5) is 5.95 Å². The lowest BCUT2D eigenvalue weighted by atomic mass is 9.86. The monoisotopic (exact) mass is 424 g/mol. The summed E-state index contributed by atoms with van der Waals surface area (Å²) in [6.07, 6.45) is 2.10. The van der Waals surface area contributed by atoms with Crippen LogP contribution >= 0.6 is 0 Å². The Morgan fingerprint density at radius 1 is 1.00 bits per heavy atom. The number of anilines is 1. The van der Waals surface area contributed by atoms with Gasteiger partial charge >= 0.3 is 5.97 Å². The summed E-state index contributed by atoms with van der Waals surface area (Å²) in [6, 6.07) is 10.4. The summed E-state index contributed by atoms with van der Waals surface area (Å²) in [5, 5.41) is 0. The van der Waals surface area contributed by atoms with Crippen LogP contribution in [0.5, 0.6) is 0 Å². The maximum Gasteiger partial charge on any atom is 0.306 e. The van der Waals surface area contributed by atoms with Gasteiger partial charge in [-0.05, 0) is 24.0 Å². The predicted octanol–water partition coefficient (Wildman–Crippen LogP) is 3.43. The molecule has 1 aromatic heterocycles. The summed E-state index contributed by atoms with van der Waals surface area (Å²) in [7, 11) is 0. The molecule has 1 aliphatic rings. The van der Waals surface area contributed by atoms with Crippen molar-refractivity contribution in [3.63, 3.8) is 0 Å². The molecule has 2 aromatic rings. The first-order valence-electron chi connectivity index (χ1n) is 10.9. The standard InChI is InChI=1S/C24H32N4O3/c1-5-31-22(30)11-10-21(29)27-14-16-28(17-15-27)23-25-13-12-20(26-23)18-6-8-19(9-7-18)24(2,3)4/h6-9,12-13H,5,10-11,14-17H2,1-4H3. The summed E-state index contributed by atoms with van der Waals surface area (Å²) in [4.78, 5) is 36.9. The highest BCUT2D eigenvalue weighted by atomic mass is 16.5. The second-order valence-electron chi connectivity index (χ2n) is 8.74. The minimum absolute atomic E-state index is 0.0127. The molecular formula is C24H32N4O3. The molecule has 0 spiro atoms. The molecule has 7 heteroatoms.